The fourth-order valence-electron chi connectivity index (χ4n) is 4.46. The first kappa shape index (κ1) is 21.5. The van der Waals surface area contributed by atoms with Crippen molar-refractivity contribution in [1.82, 2.24) is 20.5 Å². The van der Waals surface area contributed by atoms with Gasteiger partial charge in [-0.1, -0.05) is 42.7 Å². The van der Waals surface area contributed by atoms with Gasteiger partial charge in [-0.15, -0.1) is 11.3 Å². The van der Waals surface area contributed by atoms with E-state index in [0.29, 0.717) is 12.8 Å². The number of urea groups is 1. The number of nitrogens with zero attached hydrogens (tertiary/aromatic N) is 2. The van der Waals surface area contributed by atoms with Gasteiger partial charge in [-0.2, -0.15) is 0 Å². The predicted molar refractivity (Wildman–Crippen MR) is 120 cm³/mol. The number of hydrogen-bond donors (Lipinski definition) is 2. The van der Waals surface area contributed by atoms with Crippen molar-refractivity contribution in [3.63, 3.8) is 0 Å². The van der Waals surface area contributed by atoms with Crippen molar-refractivity contribution in [2.24, 2.45) is 0 Å². The van der Waals surface area contributed by atoms with Gasteiger partial charge in [0.25, 0.3) is 5.91 Å². The van der Waals surface area contributed by atoms with Crippen LogP contribution >= 0.6 is 11.3 Å². The quantitative estimate of drug-likeness (QED) is 0.691. The Morgan fingerprint density at radius 3 is 2.45 bits per heavy atom. The van der Waals surface area contributed by atoms with Gasteiger partial charge in [0, 0.05) is 5.56 Å². The second kappa shape index (κ2) is 8.07. The lowest BCUT2D eigenvalue weighted by atomic mass is 9.97. The lowest BCUT2D eigenvalue weighted by molar-refractivity contribution is -0.138. The summed E-state index contributed by atoms with van der Waals surface area (Å²) in [6.45, 7) is 7.47. The molecular weight excluding hydrogens is 412 g/mol. The zero-order valence-corrected chi connectivity index (χ0v) is 19.1. The van der Waals surface area contributed by atoms with Gasteiger partial charge in [-0.3, -0.25) is 9.59 Å². The Labute approximate surface area is 186 Å². The highest BCUT2D eigenvalue weighted by molar-refractivity contribution is 7.15. The molecule has 2 fully saturated rings. The minimum absolute atomic E-state index is 0.277. The molecular formula is C23H28N4O3S. The summed E-state index contributed by atoms with van der Waals surface area (Å²) in [5.41, 5.74) is 2.28. The van der Waals surface area contributed by atoms with Crippen molar-refractivity contribution in [3.8, 4) is 10.6 Å². The third kappa shape index (κ3) is 3.84. The lowest BCUT2D eigenvalue weighted by Gasteiger charge is -2.24. The average molecular weight is 441 g/mol. The van der Waals surface area contributed by atoms with Crippen LogP contribution in [0.2, 0.25) is 0 Å². The van der Waals surface area contributed by atoms with Gasteiger partial charge >= 0.3 is 6.03 Å². The van der Waals surface area contributed by atoms with Crippen LogP contribution in [-0.2, 0) is 9.59 Å². The van der Waals surface area contributed by atoms with E-state index in [9.17, 15) is 14.4 Å². The Kier molecular flexibility index (Phi) is 5.60. The molecule has 4 rings (SSSR count). The molecule has 0 unspecified atom stereocenters. The first-order chi connectivity index (χ1) is 14.7. The summed E-state index contributed by atoms with van der Waals surface area (Å²) in [6, 6.07) is 6.55. The van der Waals surface area contributed by atoms with Crippen LogP contribution in [0.3, 0.4) is 0 Å². The standard InChI is InChI=1S/C23H28N4O3S/c1-13-7-9-17(10-8-13)20-25-15(3)18(31-20)14(2)24-19(28)16(4)27-21(29)23(26-22(27)30)11-5-6-12-23/h7-10,14,16H,5-6,11-12H2,1-4H3,(H,24,28)(H,26,30)/t14-,16+/m1/s1. The minimum atomic E-state index is -0.875. The molecule has 31 heavy (non-hydrogen) atoms. The van der Waals surface area contributed by atoms with E-state index in [-0.39, 0.29) is 17.9 Å². The molecule has 1 aromatic heterocycles. The van der Waals surface area contributed by atoms with E-state index in [2.05, 4.69) is 15.6 Å². The predicted octanol–water partition coefficient (Wildman–Crippen LogP) is 3.86. The molecule has 2 heterocycles. The Bertz CT molecular complexity index is 1020. The molecule has 2 N–H and O–H groups in total. The Morgan fingerprint density at radius 1 is 1.16 bits per heavy atom. The normalized spacial score (nSPS) is 19.5. The minimum Gasteiger partial charge on any atom is -0.347 e. The highest BCUT2D eigenvalue weighted by Gasteiger charge is 2.54. The number of carbonyl (C=O) groups excluding carboxylic acids is 3. The van der Waals surface area contributed by atoms with Crippen molar-refractivity contribution >= 4 is 29.2 Å². The van der Waals surface area contributed by atoms with Gasteiger partial charge in [-0.05, 0) is 40.5 Å². The van der Waals surface area contributed by atoms with E-state index in [1.54, 1.807) is 18.3 Å². The Balaban J connectivity index is 1.47. The SMILES string of the molecule is Cc1ccc(-c2nc(C)c([C@@H](C)NC(=O)[C@H](C)N3C(=O)NC4(CCCC4)C3=O)s2)cc1. The topological polar surface area (TPSA) is 91.4 Å². The van der Waals surface area contributed by atoms with Gasteiger partial charge in [-0.25, -0.2) is 14.7 Å². The molecule has 7 nitrogen and oxygen atoms in total. The fraction of sp³-hybridized carbons (Fsp3) is 0.478. The molecule has 1 saturated heterocycles. The molecule has 0 radical (unpaired) electrons. The third-order valence-corrected chi connectivity index (χ3v) is 7.69. The molecule has 1 saturated carbocycles. The van der Waals surface area contributed by atoms with Crippen molar-refractivity contribution in [1.29, 1.82) is 0 Å². The lowest BCUT2D eigenvalue weighted by Crippen LogP contribution is -2.50. The maximum absolute atomic E-state index is 12.9. The molecule has 2 atom stereocenters. The van der Waals surface area contributed by atoms with E-state index in [1.165, 1.54) is 5.56 Å². The number of thiazole rings is 1. The summed E-state index contributed by atoms with van der Waals surface area (Å²) in [5, 5.41) is 6.70. The number of amides is 4. The van der Waals surface area contributed by atoms with Crippen LogP contribution in [0.25, 0.3) is 10.6 Å². The zero-order chi connectivity index (χ0) is 22.3. The molecule has 0 bridgehead atoms. The summed E-state index contributed by atoms with van der Waals surface area (Å²) < 4.78 is 0. The van der Waals surface area contributed by atoms with Crippen molar-refractivity contribution in [3.05, 3.63) is 40.4 Å². The smallest absolute Gasteiger partial charge is 0.325 e. The summed E-state index contributed by atoms with van der Waals surface area (Å²) in [4.78, 5) is 45.1. The highest BCUT2D eigenvalue weighted by atomic mass is 32.1. The van der Waals surface area contributed by atoms with Gasteiger partial charge < -0.3 is 10.6 Å². The number of aryl methyl sites for hydroxylation is 2. The van der Waals surface area contributed by atoms with Gasteiger partial charge in [0.1, 0.15) is 16.6 Å². The van der Waals surface area contributed by atoms with Crippen LogP contribution in [-0.4, -0.2) is 39.3 Å². The number of carbonyl (C=O) groups is 3. The van der Waals surface area contributed by atoms with Gasteiger partial charge in [0.05, 0.1) is 16.6 Å². The average Bonchev–Trinajstić information content (AvgIpc) is 3.41. The number of imide groups is 1. The van der Waals surface area contributed by atoms with E-state index >= 15 is 0 Å². The maximum Gasteiger partial charge on any atom is 0.325 e. The van der Waals surface area contributed by atoms with E-state index in [0.717, 1.165) is 38.9 Å². The van der Waals surface area contributed by atoms with E-state index in [1.807, 2.05) is 45.0 Å². The molecule has 164 valence electrons. The molecule has 1 aliphatic heterocycles. The fourth-order valence-corrected chi connectivity index (χ4v) is 5.53. The molecule has 1 aromatic carbocycles. The number of aromatic nitrogens is 1. The van der Waals surface area contributed by atoms with E-state index in [4.69, 9.17) is 0 Å². The molecule has 1 aliphatic carbocycles. The second-order valence-electron chi connectivity index (χ2n) is 8.64. The van der Waals surface area contributed by atoms with Gasteiger partial charge in [0.2, 0.25) is 5.91 Å². The van der Waals surface area contributed by atoms with Crippen molar-refractivity contribution < 1.29 is 14.4 Å². The van der Waals surface area contributed by atoms with Crippen LogP contribution < -0.4 is 10.6 Å². The van der Waals surface area contributed by atoms with E-state index < -0.39 is 17.6 Å². The van der Waals surface area contributed by atoms with Gasteiger partial charge in [0.15, 0.2) is 0 Å². The highest BCUT2D eigenvalue weighted by Crippen LogP contribution is 2.36. The maximum atomic E-state index is 12.9. The Hall–Kier alpha value is -2.74. The van der Waals surface area contributed by atoms with Crippen molar-refractivity contribution in [2.75, 3.05) is 0 Å². The molecule has 4 amide bonds. The summed E-state index contributed by atoms with van der Waals surface area (Å²) in [6.07, 6.45) is 3.10. The molecule has 2 aliphatic rings. The van der Waals surface area contributed by atoms with Crippen LogP contribution in [0.1, 0.15) is 61.7 Å². The molecule has 8 heteroatoms. The van der Waals surface area contributed by atoms with Crippen LogP contribution in [0.15, 0.2) is 24.3 Å². The first-order valence-electron chi connectivity index (χ1n) is 10.7. The summed E-state index contributed by atoms with van der Waals surface area (Å²) >= 11 is 1.54. The second-order valence-corrected chi connectivity index (χ2v) is 9.67. The molecule has 1 spiro atoms. The zero-order valence-electron chi connectivity index (χ0n) is 18.3. The Morgan fingerprint density at radius 2 is 1.81 bits per heavy atom. The molecule has 2 aromatic rings. The number of benzene rings is 1. The van der Waals surface area contributed by atoms with Crippen LogP contribution in [0, 0.1) is 13.8 Å². The van der Waals surface area contributed by atoms with Crippen LogP contribution in [0.4, 0.5) is 4.79 Å². The monoisotopic (exact) mass is 440 g/mol. The number of rotatable bonds is 5. The summed E-state index contributed by atoms with van der Waals surface area (Å²) in [7, 11) is 0. The van der Waals surface area contributed by atoms with Crippen LogP contribution in [0.5, 0.6) is 0 Å². The first-order valence-corrected chi connectivity index (χ1v) is 11.5. The number of nitrogens with one attached hydrogen (secondary N) is 2. The largest absolute Gasteiger partial charge is 0.347 e. The van der Waals surface area contributed by atoms with Crippen molar-refractivity contribution in [2.45, 2.75) is 71.0 Å². The third-order valence-electron chi connectivity index (χ3n) is 6.30. The number of hydrogen-bond acceptors (Lipinski definition) is 5. The summed E-state index contributed by atoms with van der Waals surface area (Å²) in [5.74, 6) is -0.628.